The van der Waals surface area contributed by atoms with Gasteiger partial charge in [-0.25, -0.2) is 4.79 Å². The van der Waals surface area contributed by atoms with Crippen LogP contribution in [0, 0.1) is 0 Å². The average Bonchev–Trinajstić information content (AvgIpc) is 2.49. The van der Waals surface area contributed by atoms with Gasteiger partial charge in [-0.2, -0.15) is 8.78 Å². The first-order valence-corrected chi connectivity index (χ1v) is 7.08. The number of halogens is 2. The Balaban J connectivity index is 2.08. The Morgan fingerprint density at radius 3 is 2.57 bits per heavy atom. The maximum absolute atomic E-state index is 12.4. The molecule has 1 amide bonds. The van der Waals surface area contributed by atoms with E-state index in [-0.39, 0.29) is 43.8 Å². The number of amides is 1. The molecular formula is C15H17F2NO5. The number of nitrogens with one attached hydrogen (secondary N) is 1. The van der Waals surface area contributed by atoms with Gasteiger partial charge in [-0.1, -0.05) is 18.2 Å². The summed E-state index contributed by atoms with van der Waals surface area (Å²) in [5, 5.41) is 11.9. The number of aliphatic carboxylic acids is 1. The summed E-state index contributed by atoms with van der Waals surface area (Å²) in [6.45, 7) is -2.53. The van der Waals surface area contributed by atoms with Gasteiger partial charge < -0.3 is 19.9 Å². The molecule has 1 heterocycles. The van der Waals surface area contributed by atoms with Crippen molar-refractivity contribution in [2.75, 3.05) is 13.2 Å². The van der Waals surface area contributed by atoms with Crippen molar-refractivity contribution in [1.29, 1.82) is 0 Å². The fourth-order valence-corrected chi connectivity index (χ4v) is 2.46. The van der Waals surface area contributed by atoms with Crippen molar-refractivity contribution in [1.82, 2.24) is 5.32 Å². The molecule has 1 aromatic carbocycles. The Bertz CT molecular complexity index is 573. The van der Waals surface area contributed by atoms with Crippen LogP contribution in [0.25, 0.3) is 0 Å². The number of hydrogen-bond donors (Lipinski definition) is 2. The second-order valence-electron chi connectivity index (χ2n) is 5.21. The third kappa shape index (κ3) is 4.38. The van der Waals surface area contributed by atoms with Crippen LogP contribution in [0.4, 0.5) is 8.78 Å². The zero-order valence-electron chi connectivity index (χ0n) is 12.3. The summed E-state index contributed by atoms with van der Waals surface area (Å²) in [6, 6.07) is 5.91. The normalized spacial score (nSPS) is 16.8. The molecule has 1 fully saturated rings. The second-order valence-corrected chi connectivity index (χ2v) is 5.21. The summed E-state index contributed by atoms with van der Waals surface area (Å²) in [4.78, 5) is 23.7. The highest BCUT2D eigenvalue weighted by atomic mass is 19.3. The summed E-state index contributed by atoms with van der Waals surface area (Å²) in [7, 11) is 0. The van der Waals surface area contributed by atoms with Gasteiger partial charge in [-0.3, -0.25) is 4.79 Å². The molecule has 0 aliphatic carbocycles. The van der Waals surface area contributed by atoms with Gasteiger partial charge >= 0.3 is 12.6 Å². The number of para-hydroxylation sites is 1. The molecule has 1 aliphatic heterocycles. The van der Waals surface area contributed by atoms with Gasteiger partial charge in [0.15, 0.2) is 0 Å². The lowest BCUT2D eigenvalue weighted by Gasteiger charge is -2.33. The van der Waals surface area contributed by atoms with Crippen molar-refractivity contribution in [3.63, 3.8) is 0 Å². The molecule has 0 bridgehead atoms. The van der Waals surface area contributed by atoms with Crippen LogP contribution in [-0.2, 0) is 20.7 Å². The first-order chi connectivity index (χ1) is 10.9. The first kappa shape index (κ1) is 17.1. The van der Waals surface area contributed by atoms with Crippen LogP contribution < -0.4 is 10.1 Å². The summed E-state index contributed by atoms with van der Waals surface area (Å²) in [5.74, 6) is -1.81. The van der Waals surface area contributed by atoms with Crippen LogP contribution in [0.5, 0.6) is 5.75 Å². The Hall–Kier alpha value is -2.22. The molecule has 0 unspecified atom stereocenters. The molecule has 2 N–H and O–H groups in total. The molecule has 1 saturated heterocycles. The fourth-order valence-electron chi connectivity index (χ4n) is 2.46. The molecule has 6 nitrogen and oxygen atoms in total. The van der Waals surface area contributed by atoms with E-state index < -0.39 is 24.0 Å². The Morgan fingerprint density at radius 2 is 1.96 bits per heavy atom. The molecule has 0 aromatic heterocycles. The molecule has 0 radical (unpaired) electrons. The van der Waals surface area contributed by atoms with Crippen LogP contribution in [0.3, 0.4) is 0 Å². The molecular weight excluding hydrogens is 312 g/mol. The number of carbonyl (C=O) groups excluding carboxylic acids is 1. The Kier molecular flexibility index (Phi) is 5.49. The van der Waals surface area contributed by atoms with E-state index >= 15 is 0 Å². The summed E-state index contributed by atoms with van der Waals surface area (Å²) in [5.41, 5.74) is -1.12. The first-order valence-electron chi connectivity index (χ1n) is 7.08. The number of rotatable bonds is 6. The molecule has 1 aliphatic rings. The second kappa shape index (κ2) is 7.36. The van der Waals surface area contributed by atoms with E-state index in [1.54, 1.807) is 6.07 Å². The van der Waals surface area contributed by atoms with Crippen LogP contribution in [0.2, 0.25) is 0 Å². The predicted molar refractivity (Wildman–Crippen MR) is 75.3 cm³/mol. The average molecular weight is 329 g/mol. The van der Waals surface area contributed by atoms with Gasteiger partial charge in [-0.05, 0) is 6.07 Å². The van der Waals surface area contributed by atoms with Crippen molar-refractivity contribution in [3.8, 4) is 5.75 Å². The van der Waals surface area contributed by atoms with Crippen LogP contribution in [0.15, 0.2) is 24.3 Å². The third-order valence-corrected chi connectivity index (χ3v) is 3.67. The van der Waals surface area contributed by atoms with Crippen molar-refractivity contribution >= 4 is 11.9 Å². The van der Waals surface area contributed by atoms with Gasteiger partial charge in [0, 0.05) is 31.6 Å². The number of ether oxygens (including phenoxy) is 2. The minimum absolute atomic E-state index is 0.103. The minimum Gasteiger partial charge on any atom is -0.480 e. The predicted octanol–water partition coefficient (Wildman–Crippen LogP) is 1.58. The number of hydrogen-bond acceptors (Lipinski definition) is 4. The van der Waals surface area contributed by atoms with Gasteiger partial charge in [-0.15, -0.1) is 0 Å². The molecule has 23 heavy (non-hydrogen) atoms. The van der Waals surface area contributed by atoms with Crippen molar-refractivity contribution in [2.45, 2.75) is 31.4 Å². The van der Waals surface area contributed by atoms with E-state index in [4.69, 9.17) is 4.74 Å². The molecule has 0 spiro atoms. The van der Waals surface area contributed by atoms with Crippen molar-refractivity contribution in [2.24, 2.45) is 0 Å². The number of carbonyl (C=O) groups is 2. The maximum atomic E-state index is 12.4. The summed E-state index contributed by atoms with van der Waals surface area (Å²) >= 11 is 0. The summed E-state index contributed by atoms with van der Waals surface area (Å²) < 4.78 is 34.2. The maximum Gasteiger partial charge on any atom is 0.387 e. The molecule has 8 heteroatoms. The lowest BCUT2D eigenvalue weighted by Crippen LogP contribution is -2.57. The number of benzene rings is 1. The van der Waals surface area contributed by atoms with Crippen molar-refractivity contribution < 1.29 is 33.0 Å². The zero-order valence-corrected chi connectivity index (χ0v) is 12.3. The number of carboxylic acids is 1. The topological polar surface area (TPSA) is 84.9 Å². The molecule has 126 valence electrons. The van der Waals surface area contributed by atoms with Crippen molar-refractivity contribution in [3.05, 3.63) is 29.8 Å². The van der Waals surface area contributed by atoms with Gasteiger partial charge in [0.05, 0.1) is 6.42 Å². The fraction of sp³-hybridized carbons (Fsp3) is 0.467. The van der Waals surface area contributed by atoms with Crippen LogP contribution >= 0.6 is 0 Å². The molecule has 2 rings (SSSR count). The number of alkyl halides is 2. The third-order valence-electron chi connectivity index (χ3n) is 3.67. The highest BCUT2D eigenvalue weighted by Crippen LogP contribution is 2.23. The molecule has 1 aromatic rings. The van der Waals surface area contributed by atoms with E-state index in [9.17, 15) is 23.5 Å². The molecule has 0 atom stereocenters. The highest BCUT2D eigenvalue weighted by molar-refractivity contribution is 5.88. The van der Waals surface area contributed by atoms with E-state index in [0.29, 0.717) is 0 Å². The molecule has 0 saturated carbocycles. The standard InChI is InChI=1S/C15H17F2NO5/c16-14(17)23-11-4-2-1-3-10(11)9-12(19)18-15(13(20)21)5-7-22-8-6-15/h1-4,14H,5-9H2,(H,18,19)(H,20,21). The number of carboxylic acid groups (broad SMARTS) is 1. The monoisotopic (exact) mass is 329 g/mol. The van der Waals surface area contributed by atoms with E-state index in [1.165, 1.54) is 18.2 Å². The van der Waals surface area contributed by atoms with Crippen LogP contribution in [0.1, 0.15) is 18.4 Å². The smallest absolute Gasteiger partial charge is 0.387 e. The van der Waals surface area contributed by atoms with Crippen LogP contribution in [-0.4, -0.2) is 42.3 Å². The summed E-state index contributed by atoms with van der Waals surface area (Å²) in [6.07, 6.45) is 0.0608. The van der Waals surface area contributed by atoms with E-state index in [2.05, 4.69) is 10.1 Å². The van der Waals surface area contributed by atoms with Gasteiger partial charge in [0.2, 0.25) is 5.91 Å². The Morgan fingerprint density at radius 1 is 1.30 bits per heavy atom. The largest absolute Gasteiger partial charge is 0.480 e. The Labute approximate surface area is 131 Å². The lowest BCUT2D eigenvalue weighted by molar-refractivity contribution is -0.152. The minimum atomic E-state index is -3.00. The SMILES string of the molecule is O=C(Cc1ccccc1OC(F)F)NC1(C(=O)O)CCOCC1. The lowest BCUT2D eigenvalue weighted by atomic mass is 9.89. The zero-order chi connectivity index (χ0) is 16.9. The van der Waals surface area contributed by atoms with E-state index in [0.717, 1.165) is 0 Å². The van der Waals surface area contributed by atoms with E-state index in [1.807, 2.05) is 0 Å². The van der Waals surface area contributed by atoms with Gasteiger partial charge in [0.1, 0.15) is 11.3 Å². The van der Waals surface area contributed by atoms with Gasteiger partial charge in [0.25, 0.3) is 0 Å². The highest BCUT2D eigenvalue weighted by Gasteiger charge is 2.41. The quantitative estimate of drug-likeness (QED) is 0.828.